The van der Waals surface area contributed by atoms with Gasteiger partial charge in [-0.05, 0) is 32.9 Å². The highest BCUT2D eigenvalue weighted by Gasteiger charge is 2.20. The number of hydrogen-bond acceptors (Lipinski definition) is 7. The van der Waals surface area contributed by atoms with E-state index >= 15 is 0 Å². The summed E-state index contributed by atoms with van der Waals surface area (Å²) in [4.78, 5) is 26.1. The Kier molecular flexibility index (Phi) is 4.78. The van der Waals surface area contributed by atoms with Crippen LogP contribution in [-0.4, -0.2) is 40.5 Å². The summed E-state index contributed by atoms with van der Waals surface area (Å²) in [6, 6.07) is 9.33. The van der Waals surface area contributed by atoms with E-state index in [4.69, 9.17) is 4.42 Å². The van der Waals surface area contributed by atoms with Crippen molar-refractivity contribution in [2.45, 2.75) is 27.3 Å². The van der Waals surface area contributed by atoms with E-state index in [0.29, 0.717) is 22.8 Å². The van der Waals surface area contributed by atoms with Gasteiger partial charge in [-0.3, -0.25) is 9.48 Å². The third-order valence-corrected chi connectivity index (χ3v) is 4.64. The third kappa shape index (κ3) is 3.52. The zero-order valence-corrected chi connectivity index (χ0v) is 16.9. The van der Waals surface area contributed by atoms with Crippen molar-refractivity contribution in [2.75, 3.05) is 5.32 Å². The van der Waals surface area contributed by atoms with Crippen LogP contribution in [0.3, 0.4) is 0 Å². The molecule has 30 heavy (non-hydrogen) atoms. The lowest BCUT2D eigenvalue weighted by atomic mass is 10.3. The quantitative estimate of drug-likeness (QED) is 0.529. The number of para-hydroxylation sites is 1. The predicted molar refractivity (Wildman–Crippen MR) is 107 cm³/mol. The number of nitrogens with zero attached hydrogens (tertiary/aromatic N) is 7. The maximum absolute atomic E-state index is 12.4. The van der Waals surface area contributed by atoms with Gasteiger partial charge in [-0.1, -0.05) is 18.2 Å². The summed E-state index contributed by atoms with van der Waals surface area (Å²) in [5, 5.41) is 19.8. The molecule has 11 nitrogen and oxygen atoms in total. The largest absolute Gasteiger partial charge is 0.437 e. The van der Waals surface area contributed by atoms with Crippen molar-refractivity contribution in [3.63, 3.8) is 0 Å². The molecule has 0 radical (unpaired) electrons. The Bertz CT molecular complexity index is 1280. The first-order valence-corrected chi connectivity index (χ1v) is 9.21. The molecule has 154 valence electrons. The smallest absolute Gasteiger partial charge is 0.386 e. The summed E-state index contributed by atoms with van der Waals surface area (Å²) in [7, 11) is 1.79. The number of aryl methyl sites for hydroxylation is 3. The van der Waals surface area contributed by atoms with Crippen molar-refractivity contribution in [1.29, 1.82) is 0 Å². The first kappa shape index (κ1) is 19.3. The number of benzene rings is 1. The molecule has 3 aromatic heterocycles. The zero-order valence-electron chi connectivity index (χ0n) is 16.9. The number of amides is 1. The number of aromatic nitrogens is 7. The van der Waals surface area contributed by atoms with Crippen LogP contribution in [-0.2, 0) is 18.4 Å². The number of carbonyl (C=O) groups is 1. The molecule has 0 fully saturated rings. The molecule has 1 amide bonds. The molecular weight excluding hydrogens is 388 g/mol. The van der Waals surface area contributed by atoms with Gasteiger partial charge in [-0.25, -0.2) is 4.79 Å². The summed E-state index contributed by atoms with van der Waals surface area (Å²) in [5.74, 6) is -1.17. The Morgan fingerprint density at radius 3 is 2.43 bits per heavy atom. The third-order valence-electron chi connectivity index (χ3n) is 4.64. The number of hydrogen-bond donors (Lipinski definition) is 1. The number of nitrogens with one attached hydrogen (secondary N) is 1. The van der Waals surface area contributed by atoms with E-state index in [9.17, 15) is 9.59 Å². The molecular formula is C19H20N8O3. The monoisotopic (exact) mass is 408 g/mol. The lowest BCUT2D eigenvalue weighted by Crippen LogP contribution is -2.26. The van der Waals surface area contributed by atoms with Crippen molar-refractivity contribution < 1.29 is 9.21 Å². The average Bonchev–Trinajstić information content (AvgIpc) is 3.35. The van der Waals surface area contributed by atoms with Gasteiger partial charge in [0.15, 0.2) is 5.69 Å². The molecule has 0 bridgehead atoms. The molecule has 11 heteroatoms. The van der Waals surface area contributed by atoms with Gasteiger partial charge in [-0.15, -0.1) is 10.2 Å². The molecule has 0 atom stereocenters. The molecule has 0 unspecified atom stereocenters. The summed E-state index contributed by atoms with van der Waals surface area (Å²) in [5.41, 5.74) is 3.73. The van der Waals surface area contributed by atoms with Gasteiger partial charge in [0, 0.05) is 7.05 Å². The minimum absolute atomic E-state index is 0.00113. The lowest BCUT2D eigenvalue weighted by molar-refractivity contribution is -0.117. The first-order chi connectivity index (χ1) is 14.3. The van der Waals surface area contributed by atoms with Crippen molar-refractivity contribution >= 4 is 11.6 Å². The van der Waals surface area contributed by atoms with Crippen molar-refractivity contribution in [3.05, 3.63) is 58.0 Å². The van der Waals surface area contributed by atoms with Crippen LogP contribution in [0, 0.1) is 20.8 Å². The fourth-order valence-corrected chi connectivity index (χ4v) is 3.02. The molecule has 0 aliphatic rings. The fraction of sp³-hybridized carbons (Fsp3) is 0.263. The highest BCUT2D eigenvalue weighted by Crippen LogP contribution is 2.19. The van der Waals surface area contributed by atoms with Crippen LogP contribution in [0.1, 0.15) is 17.1 Å². The van der Waals surface area contributed by atoms with E-state index in [1.807, 2.05) is 37.3 Å². The zero-order chi connectivity index (χ0) is 21.4. The Morgan fingerprint density at radius 1 is 1.03 bits per heavy atom. The fourth-order valence-electron chi connectivity index (χ4n) is 3.02. The van der Waals surface area contributed by atoms with E-state index in [1.165, 1.54) is 4.80 Å². The lowest BCUT2D eigenvalue weighted by Gasteiger charge is -2.04. The van der Waals surface area contributed by atoms with E-state index in [-0.39, 0.29) is 12.4 Å². The van der Waals surface area contributed by atoms with Gasteiger partial charge < -0.3 is 9.73 Å². The normalized spacial score (nSPS) is 11.1. The van der Waals surface area contributed by atoms with Crippen LogP contribution in [0.4, 0.5) is 5.69 Å². The molecule has 3 heterocycles. The van der Waals surface area contributed by atoms with E-state index in [2.05, 4.69) is 25.7 Å². The Labute approximate surface area is 170 Å². The number of carbonyl (C=O) groups excluding carboxylic acids is 1. The second kappa shape index (κ2) is 7.43. The van der Waals surface area contributed by atoms with Crippen LogP contribution in [0.2, 0.25) is 0 Å². The summed E-state index contributed by atoms with van der Waals surface area (Å²) in [6.07, 6.45) is 0. The van der Waals surface area contributed by atoms with Gasteiger partial charge in [0.2, 0.25) is 5.91 Å². The SMILES string of the molecule is Cc1nn(-c2ccccc2)nc1-c1nn(CC(=O)Nc2c(C)nn(C)c2C)c(=O)o1. The van der Waals surface area contributed by atoms with E-state index in [1.54, 1.807) is 25.6 Å². The summed E-state index contributed by atoms with van der Waals surface area (Å²) < 4.78 is 7.84. The van der Waals surface area contributed by atoms with Crippen molar-refractivity contribution in [2.24, 2.45) is 7.05 Å². The molecule has 1 N–H and O–H groups in total. The molecule has 4 aromatic rings. The van der Waals surface area contributed by atoms with Crippen LogP contribution in [0.5, 0.6) is 0 Å². The molecule has 1 aromatic carbocycles. The minimum Gasteiger partial charge on any atom is -0.386 e. The molecule has 0 aliphatic carbocycles. The van der Waals surface area contributed by atoms with Crippen LogP contribution in [0.25, 0.3) is 17.3 Å². The average molecular weight is 408 g/mol. The second-order valence-electron chi connectivity index (χ2n) is 6.81. The van der Waals surface area contributed by atoms with Crippen molar-refractivity contribution in [1.82, 2.24) is 34.6 Å². The Morgan fingerprint density at radius 2 is 1.77 bits per heavy atom. The van der Waals surface area contributed by atoms with Crippen molar-refractivity contribution in [3.8, 4) is 17.3 Å². The highest BCUT2D eigenvalue weighted by molar-refractivity contribution is 5.91. The van der Waals surface area contributed by atoms with Gasteiger partial charge in [0.1, 0.15) is 6.54 Å². The van der Waals surface area contributed by atoms with Gasteiger partial charge in [-0.2, -0.15) is 19.7 Å². The highest BCUT2D eigenvalue weighted by atomic mass is 16.4. The minimum atomic E-state index is -0.756. The maximum Gasteiger partial charge on any atom is 0.437 e. The predicted octanol–water partition coefficient (Wildman–Crippen LogP) is 1.38. The second-order valence-corrected chi connectivity index (χ2v) is 6.81. The van der Waals surface area contributed by atoms with Crippen LogP contribution in [0.15, 0.2) is 39.5 Å². The first-order valence-electron chi connectivity index (χ1n) is 9.21. The standard InChI is InChI=1S/C19H20N8O3/c1-11-16(13(3)25(4)21-11)20-15(28)10-26-19(29)30-18(24-26)17-12(2)22-27(23-17)14-8-6-5-7-9-14/h5-9H,10H2,1-4H3,(H,20,28). The topological polar surface area (TPSA) is 126 Å². The number of anilines is 1. The summed E-state index contributed by atoms with van der Waals surface area (Å²) >= 11 is 0. The molecule has 0 saturated carbocycles. The maximum atomic E-state index is 12.4. The van der Waals surface area contributed by atoms with Gasteiger partial charge in [0.25, 0.3) is 5.89 Å². The Hall–Kier alpha value is -4.02. The molecule has 4 rings (SSSR count). The van der Waals surface area contributed by atoms with Crippen LogP contribution < -0.4 is 11.1 Å². The van der Waals surface area contributed by atoms with E-state index < -0.39 is 11.7 Å². The van der Waals surface area contributed by atoms with E-state index in [0.717, 1.165) is 16.1 Å². The summed E-state index contributed by atoms with van der Waals surface area (Å²) in [6.45, 7) is 5.07. The number of rotatable bonds is 5. The molecule has 0 spiro atoms. The molecule has 0 aliphatic heterocycles. The van der Waals surface area contributed by atoms with Crippen LogP contribution >= 0.6 is 0 Å². The van der Waals surface area contributed by atoms with Gasteiger partial charge in [0.05, 0.1) is 28.5 Å². The van der Waals surface area contributed by atoms with Gasteiger partial charge >= 0.3 is 5.76 Å². The molecule has 0 saturated heterocycles. The Balaban J connectivity index is 1.56.